The third kappa shape index (κ3) is 4.38. The first-order valence-corrected chi connectivity index (χ1v) is 5.24. The van der Waals surface area contributed by atoms with Crippen molar-refractivity contribution in [3.8, 4) is 0 Å². The van der Waals surface area contributed by atoms with E-state index in [0.29, 0.717) is 6.61 Å². The Balaban J connectivity index is 2.37. The van der Waals surface area contributed by atoms with Crippen molar-refractivity contribution in [1.82, 2.24) is 0 Å². The van der Waals surface area contributed by atoms with Gasteiger partial charge in [0.15, 0.2) is 0 Å². The number of nitrogens with zero attached hydrogens (tertiary/aromatic N) is 1. The van der Waals surface area contributed by atoms with E-state index in [2.05, 4.69) is 12.1 Å². The monoisotopic (exact) mass is 227 g/mol. The molecule has 0 spiro atoms. The average Bonchev–Trinajstić information content (AvgIpc) is 2.29. The highest BCUT2D eigenvalue weighted by molar-refractivity contribution is 5.55. The van der Waals surface area contributed by atoms with Crippen LogP contribution in [0.3, 0.4) is 0 Å². The molecular weight excluding hydrogens is 212 g/mol. The quantitative estimate of drug-likeness (QED) is 0.533. The molecule has 2 nitrogen and oxygen atoms in total. The van der Waals surface area contributed by atoms with Crippen LogP contribution < -0.4 is 0 Å². The topological polar surface area (TPSA) is 21.6 Å². The Hall–Kier alpha value is -1.45. The summed E-state index contributed by atoms with van der Waals surface area (Å²) in [6.45, 7) is 2.36. The van der Waals surface area contributed by atoms with E-state index < -0.39 is 6.43 Å². The van der Waals surface area contributed by atoms with Gasteiger partial charge < -0.3 is 4.84 Å². The molecule has 1 aromatic carbocycles. The second-order valence-corrected chi connectivity index (χ2v) is 3.39. The molecule has 0 radical (unpaired) electrons. The first kappa shape index (κ1) is 12.6. The van der Waals surface area contributed by atoms with Gasteiger partial charge in [0.05, 0.1) is 0 Å². The number of hydrogen-bond donors (Lipinski definition) is 0. The van der Waals surface area contributed by atoms with Crippen LogP contribution >= 0.6 is 0 Å². The summed E-state index contributed by atoms with van der Waals surface area (Å²) >= 11 is 0. The maximum Gasteiger partial charge on any atom is 0.263 e. The Bertz CT molecular complexity index is 322. The van der Waals surface area contributed by atoms with E-state index in [1.807, 2.05) is 0 Å². The molecule has 4 heteroatoms. The molecule has 16 heavy (non-hydrogen) atoms. The number of unbranched alkanes of at least 4 members (excludes halogenated alkanes) is 1. The Morgan fingerprint density at radius 2 is 2.00 bits per heavy atom. The van der Waals surface area contributed by atoms with Gasteiger partial charge in [-0.2, -0.15) is 0 Å². The Labute approximate surface area is 93.9 Å². The molecular formula is C12H15F2NO. The first-order valence-electron chi connectivity index (χ1n) is 5.24. The van der Waals surface area contributed by atoms with Crippen LogP contribution in [0.25, 0.3) is 0 Å². The minimum atomic E-state index is -2.42. The molecule has 0 aromatic heterocycles. The molecule has 1 aromatic rings. The summed E-state index contributed by atoms with van der Waals surface area (Å²) in [5.41, 5.74) is 0.858. The number of benzene rings is 1. The number of halogens is 2. The summed E-state index contributed by atoms with van der Waals surface area (Å²) in [6, 6.07) is 6.05. The van der Waals surface area contributed by atoms with E-state index in [1.54, 1.807) is 18.3 Å². The highest BCUT2D eigenvalue weighted by atomic mass is 19.3. The third-order valence-electron chi connectivity index (χ3n) is 2.03. The van der Waals surface area contributed by atoms with Crippen LogP contribution in [0.1, 0.15) is 37.3 Å². The lowest BCUT2D eigenvalue weighted by atomic mass is 10.1. The predicted octanol–water partition coefficient (Wildman–Crippen LogP) is 3.93. The molecule has 0 aliphatic heterocycles. The largest absolute Gasteiger partial charge is 0.391 e. The molecule has 0 heterocycles. The van der Waals surface area contributed by atoms with Crippen LogP contribution in [-0.2, 0) is 11.4 Å². The van der Waals surface area contributed by atoms with Gasteiger partial charge in [0.2, 0.25) is 0 Å². The van der Waals surface area contributed by atoms with Crippen LogP contribution in [0.5, 0.6) is 0 Å². The molecule has 0 bridgehead atoms. The zero-order valence-electron chi connectivity index (χ0n) is 9.20. The van der Waals surface area contributed by atoms with Crippen molar-refractivity contribution in [1.29, 1.82) is 0 Å². The lowest BCUT2D eigenvalue weighted by molar-refractivity contribution is 0.131. The van der Waals surface area contributed by atoms with Crippen molar-refractivity contribution in [3.63, 3.8) is 0 Å². The first-order chi connectivity index (χ1) is 7.74. The molecule has 0 atom stereocenters. The SMILES string of the molecule is CCCC=NOCc1ccc(C(F)F)cc1. The average molecular weight is 227 g/mol. The molecule has 0 fully saturated rings. The van der Waals surface area contributed by atoms with Gasteiger partial charge in [-0.05, 0) is 12.0 Å². The van der Waals surface area contributed by atoms with Gasteiger partial charge in [0, 0.05) is 11.8 Å². The van der Waals surface area contributed by atoms with Crippen molar-refractivity contribution in [2.24, 2.45) is 5.16 Å². The van der Waals surface area contributed by atoms with Crippen LogP contribution in [-0.4, -0.2) is 6.21 Å². The van der Waals surface area contributed by atoms with E-state index in [4.69, 9.17) is 4.84 Å². The molecule has 0 aliphatic carbocycles. The van der Waals surface area contributed by atoms with Crippen LogP contribution in [0.4, 0.5) is 8.78 Å². The van der Waals surface area contributed by atoms with Crippen molar-refractivity contribution in [3.05, 3.63) is 35.4 Å². The van der Waals surface area contributed by atoms with E-state index in [0.717, 1.165) is 18.4 Å². The van der Waals surface area contributed by atoms with Gasteiger partial charge in [0.1, 0.15) is 6.61 Å². The van der Waals surface area contributed by atoms with Gasteiger partial charge in [0.25, 0.3) is 6.43 Å². The fourth-order valence-corrected chi connectivity index (χ4v) is 1.11. The predicted molar refractivity (Wildman–Crippen MR) is 59.6 cm³/mol. The minimum absolute atomic E-state index is 0.0261. The summed E-state index contributed by atoms with van der Waals surface area (Å²) in [5.74, 6) is 0. The zero-order valence-corrected chi connectivity index (χ0v) is 9.20. The van der Waals surface area contributed by atoms with Gasteiger partial charge in [-0.25, -0.2) is 8.78 Å². The summed E-state index contributed by atoms with van der Waals surface area (Å²) in [5, 5.41) is 3.74. The van der Waals surface area contributed by atoms with Crippen molar-refractivity contribution < 1.29 is 13.6 Å². The van der Waals surface area contributed by atoms with E-state index in [9.17, 15) is 8.78 Å². The van der Waals surface area contributed by atoms with Gasteiger partial charge in [-0.3, -0.25) is 0 Å². The summed E-state index contributed by atoms with van der Waals surface area (Å²) in [7, 11) is 0. The molecule has 0 amide bonds. The van der Waals surface area contributed by atoms with E-state index >= 15 is 0 Å². The fraction of sp³-hybridized carbons (Fsp3) is 0.417. The van der Waals surface area contributed by atoms with Gasteiger partial charge >= 0.3 is 0 Å². The van der Waals surface area contributed by atoms with E-state index in [1.165, 1.54) is 12.1 Å². The summed E-state index contributed by atoms with van der Waals surface area (Å²) in [6.07, 6.45) is 1.19. The molecule has 0 unspecified atom stereocenters. The maximum atomic E-state index is 12.2. The Morgan fingerprint density at radius 1 is 1.31 bits per heavy atom. The van der Waals surface area contributed by atoms with Crippen molar-refractivity contribution in [2.75, 3.05) is 0 Å². The van der Waals surface area contributed by atoms with Crippen LogP contribution in [0.2, 0.25) is 0 Å². The second kappa shape index (κ2) is 6.93. The molecule has 0 saturated heterocycles. The number of rotatable bonds is 6. The van der Waals surface area contributed by atoms with E-state index in [-0.39, 0.29) is 5.56 Å². The second-order valence-electron chi connectivity index (χ2n) is 3.39. The molecule has 1 rings (SSSR count). The number of hydrogen-bond acceptors (Lipinski definition) is 2. The Kier molecular flexibility index (Phi) is 5.46. The number of alkyl halides is 2. The highest BCUT2D eigenvalue weighted by Crippen LogP contribution is 2.18. The molecule has 0 saturated carbocycles. The molecule has 88 valence electrons. The van der Waals surface area contributed by atoms with Crippen molar-refractivity contribution >= 4 is 6.21 Å². The minimum Gasteiger partial charge on any atom is -0.391 e. The van der Waals surface area contributed by atoms with Gasteiger partial charge in [-0.1, -0.05) is 42.8 Å². The number of oxime groups is 1. The maximum absolute atomic E-state index is 12.2. The smallest absolute Gasteiger partial charge is 0.263 e. The third-order valence-corrected chi connectivity index (χ3v) is 2.03. The van der Waals surface area contributed by atoms with Crippen LogP contribution in [0, 0.1) is 0 Å². The lowest BCUT2D eigenvalue weighted by Crippen LogP contribution is -1.89. The fourth-order valence-electron chi connectivity index (χ4n) is 1.11. The Morgan fingerprint density at radius 3 is 2.56 bits per heavy atom. The highest BCUT2D eigenvalue weighted by Gasteiger charge is 2.05. The summed E-state index contributed by atoms with van der Waals surface area (Å²) in [4.78, 5) is 5.00. The lowest BCUT2D eigenvalue weighted by Gasteiger charge is -2.02. The van der Waals surface area contributed by atoms with Crippen molar-refractivity contribution in [2.45, 2.75) is 32.8 Å². The zero-order chi connectivity index (χ0) is 11.8. The van der Waals surface area contributed by atoms with Gasteiger partial charge in [-0.15, -0.1) is 0 Å². The molecule has 0 N–H and O–H groups in total. The molecule has 0 aliphatic rings. The normalized spacial score (nSPS) is 11.2. The standard InChI is InChI=1S/C12H15F2NO/c1-2-3-8-15-16-9-10-4-6-11(7-5-10)12(13)14/h4-8,12H,2-3,9H2,1H3. The summed E-state index contributed by atoms with van der Waals surface area (Å²) < 4.78 is 24.5. The van der Waals surface area contributed by atoms with Crippen LogP contribution in [0.15, 0.2) is 29.4 Å².